The van der Waals surface area contributed by atoms with Crippen molar-refractivity contribution in [2.24, 2.45) is 0 Å². The topological polar surface area (TPSA) is 27.8 Å². The number of aromatic nitrogens is 1. The van der Waals surface area contributed by atoms with Crippen molar-refractivity contribution in [3.05, 3.63) is 23.5 Å². The van der Waals surface area contributed by atoms with Crippen LogP contribution in [0.2, 0.25) is 0 Å². The van der Waals surface area contributed by atoms with Gasteiger partial charge in [-0.2, -0.15) is 0 Å². The van der Waals surface area contributed by atoms with Crippen LogP contribution in [-0.2, 0) is 0 Å². The molecule has 0 aliphatic carbocycles. The molecule has 0 unspecified atom stereocenters. The fourth-order valence-corrected chi connectivity index (χ4v) is 2.01. The van der Waals surface area contributed by atoms with Crippen LogP contribution in [0.4, 0.5) is 0 Å². The molecule has 0 atom stereocenters. The number of aromatic amines is 1. The lowest BCUT2D eigenvalue weighted by Gasteiger charge is -2.22. The zero-order valence-electron chi connectivity index (χ0n) is 7.56. The summed E-state index contributed by atoms with van der Waals surface area (Å²) in [5.41, 5.74) is 2.87. The van der Waals surface area contributed by atoms with Crippen LogP contribution < -0.4 is 5.32 Å². The van der Waals surface area contributed by atoms with Gasteiger partial charge in [-0.1, -0.05) is 0 Å². The molecule has 0 bridgehead atoms. The molecule has 0 saturated carbocycles. The summed E-state index contributed by atoms with van der Waals surface area (Å²) in [5.74, 6) is 0.765. The summed E-state index contributed by atoms with van der Waals surface area (Å²) < 4.78 is 0. The minimum atomic E-state index is 0.765. The van der Waals surface area contributed by atoms with Gasteiger partial charge in [-0.15, -0.1) is 0 Å². The maximum absolute atomic E-state index is 3.38. The Balaban J connectivity index is 2.13. The molecule has 0 spiro atoms. The van der Waals surface area contributed by atoms with Crippen molar-refractivity contribution in [1.82, 2.24) is 10.3 Å². The van der Waals surface area contributed by atoms with Crippen molar-refractivity contribution >= 4 is 0 Å². The molecule has 0 aromatic carbocycles. The summed E-state index contributed by atoms with van der Waals surface area (Å²) in [6.07, 6.45) is 4.61. The summed E-state index contributed by atoms with van der Waals surface area (Å²) in [6, 6.07) is 2.16. The predicted molar refractivity (Wildman–Crippen MR) is 50.4 cm³/mol. The summed E-state index contributed by atoms with van der Waals surface area (Å²) >= 11 is 0. The molecule has 0 radical (unpaired) electrons. The van der Waals surface area contributed by atoms with E-state index in [-0.39, 0.29) is 0 Å². The number of piperidine rings is 1. The first-order valence-corrected chi connectivity index (χ1v) is 4.72. The SMILES string of the molecule is Cc1cc[nH]c1C1CCNCC1. The fraction of sp³-hybridized carbons (Fsp3) is 0.600. The number of hydrogen-bond acceptors (Lipinski definition) is 1. The average molecular weight is 164 g/mol. The van der Waals surface area contributed by atoms with E-state index in [1.54, 1.807) is 0 Å². The molecule has 1 aromatic heterocycles. The van der Waals surface area contributed by atoms with Crippen molar-refractivity contribution in [3.8, 4) is 0 Å². The molecular formula is C10H16N2. The normalized spacial score (nSPS) is 19.8. The maximum Gasteiger partial charge on any atom is 0.0209 e. The molecule has 2 heterocycles. The van der Waals surface area contributed by atoms with E-state index in [0.717, 1.165) is 5.92 Å². The fourth-order valence-electron chi connectivity index (χ4n) is 2.01. The minimum absolute atomic E-state index is 0.765. The first kappa shape index (κ1) is 7.87. The van der Waals surface area contributed by atoms with E-state index < -0.39 is 0 Å². The van der Waals surface area contributed by atoms with E-state index in [1.165, 1.54) is 37.2 Å². The summed E-state index contributed by atoms with van der Waals surface area (Å²) in [7, 11) is 0. The molecule has 2 rings (SSSR count). The number of nitrogens with one attached hydrogen (secondary N) is 2. The molecule has 1 fully saturated rings. The molecule has 66 valence electrons. The Kier molecular flexibility index (Phi) is 2.17. The van der Waals surface area contributed by atoms with Crippen LogP contribution in [0.1, 0.15) is 30.0 Å². The van der Waals surface area contributed by atoms with E-state index in [4.69, 9.17) is 0 Å². The Morgan fingerprint density at radius 2 is 2.08 bits per heavy atom. The standard InChI is InChI=1S/C10H16N2/c1-8-2-7-12-10(8)9-3-5-11-6-4-9/h2,7,9,11-12H,3-6H2,1H3. The summed E-state index contributed by atoms with van der Waals surface area (Å²) in [6.45, 7) is 4.53. The highest BCUT2D eigenvalue weighted by Gasteiger charge is 2.17. The zero-order valence-corrected chi connectivity index (χ0v) is 7.56. The molecule has 1 saturated heterocycles. The third kappa shape index (κ3) is 1.39. The van der Waals surface area contributed by atoms with Crippen molar-refractivity contribution in [2.75, 3.05) is 13.1 Å². The lowest BCUT2D eigenvalue weighted by atomic mass is 9.93. The van der Waals surface area contributed by atoms with Crippen molar-refractivity contribution < 1.29 is 0 Å². The highest BCUT2D eigenvalue weighted by molar-refractivity contribution is 5.22. The number of hydrogen-bond donors (Lipinski definition) is 2. The molecule has 2 nitrogen and oxygen atoms in total. The van der Waals surface area contributed by atoms with Gasteiger partial charge in [0.1, 0.15) is 0 Å². The van der Waals surface area contributed by atoms with Crippen LogP contribution in [0.5, 0.6) is 0 Å². The lowest BCUT2D eigenvalue weighted by molar-refractivity contribution is 0.453. The van der Waals surface area contributed by atoms with Gasteiger partial charge in [0.2, 0.25) is 0 Å². The Morgan fingerprint density at radius 3 is 2.67 bits per heavy atom. The first-order chi connectivity index (χ1) is 5.88. The van der Waals surface area contributed by atoms with E-state index in [1.807, 2.05) is 6.20 Å². The average Bonchev–Trinajstić information content (AvgIpc) is 2.53. The quantitative estimate of drug-likeness (QED) is 0.650. The number of rotatable bonds is 1. The van der Waals surface area contributed by atoms with E-state index >= 15 is 0 Å². The largest absolute Gasteiger partial charge is 0.365 e. The van der Waals surface area contributed by atoms with E-state index in [2.05, 4.69) is 23.3 Å². The van der Waals surface area contributed by atoms with Gasteiger partial charge in [-0.25, -0.2) is 0 Å². The molecule has 2 heteroatoms. The van der Waals surface area contributed by atoms with Crippen LogP contribution in [0.3, 0.4) is 0 Å². The molecule has 12 heavy (non-hydrogen) atoms. The van der Waals surface area contributed by atoms with Crippen LogP contribution >= 0.6 is 0 Å². The zero-order chi connectivity index (χ0) is 8.39. The van der Waals surface area contributed by atoms with Crippen molar-refractivity contribution in [3.63, 3.8) is 0 Å². The lowest BCUT2D eigenvalue weighted by Crippen LogP contribution is -2.27. The monoisotopic (exact) mass is 164 g/mol. The van der Waals surface area contributed by atoms with Crippen molar-refractivity contribution in [2.45, 2.75) is 25.7 Å². The van der Waals surface area contributed by atoms with Gasteiger partial charge >= 0.3 is 0 Å². The van der Waals surface area contributed by atoms with Gasteiger partial charge in [-0.05, 0) is 44.5 Å². The number of aryl methyl sites for hydroxylation is 1. The van der Waals surface area contributed by atoms with Gasteiger partial charge in [-0.3, -0.25) is 0 Å². The number of H-pyrrole nitrogens is 1. The molecule has 2 N–H and O–H groups in total. The maximum atomic E-state index is 3.38. The molecule has 1 aliphatic heterocycles. The third-order valence-electron chi connectivity index (χ3n) is 2.74. The summed E-state index contributed by atoms with van der Waals surface area (Å²) in [4.78, 5) is 3.35. The Morgan fingerprint density at radius 1 is 1.33 bits per heavy atom. The molecule has 1 aliphatic rings. The first-order valence-electron chi connectivity index (χ1n) is 4.72. The Hall–Kier alpha value is -0.760. The molecule has 1 aromatic rings. The van der Waals surface area contributed by atoms with Gasteiger partial charge < -0.3 is 10.3 Å². The second kappa shape index (κ2) is 3.31. The second-order valence-electron chi connectivity index (χ2n) is 3.60. The molecule has 0 amide bonds. The minimum Gasteiger partial charge on any atom is -0.365 e. The smallest absolute Gasteiger partial charge is 0.0209 e. The van der Waals surface area contributed by atoms with Crippen LogP contribution in [0.25, 0.3) is 0 Å². The predicted octanol–water partition coefficient (Wildman–Crippen LogP) is 1.79. The highest BCUT2D eigenvalue weighted by atomic mass is 14.9. The Labute approximate surface area is 73.4 Å². The van der Waals surface area contributed by atoms with Gasteiger partial charge in [0, 0.05) is 17.8 Å². The van der Waals surface area contributed by atoms with Gasteiger partial charge in [0.05, 0.1) is 0 Å². The van der Waals surface area contributed by atoms with Gasteiger partial charge in [0.15, 0.2) is 0 Å². The van der Waals surface area contributed by atoms with Gasteiger partial charge in [0.25, 0.3) is 0 Å². The van der Waals surface area contributed by atoms with E-state index in [9.17, 15) is 0 Å². The van der Waals surface area contributed by atoms with E-state index in [0.29, 0.717) is 0 Å². The van der Waals surface area contributed by atoms with Crippen LogP contribution in [0, 0.1) is 6.92 Å². The van der Waals surface area contributed by atoms with Crippen molar-refractivity contribution in [1.29, 1.82) is 0 Å². The Bertz CT molecular complexity index is 246. The van der Waals surface area contributed by atoms with Crippen LogP contribution in [0.15, 0.2) is 12.3 Å². The van der Waals surface area contributed by atoms with Crippen LogP contribution in [-0.4, -0.2) is 18.1 Å². The summed E-state index contributed by atoms with van der Waals surface area (Å²) in [5, 5.41) is 3.38. The molecular weight excluding hydrogens is 148 g/mol. The second-order valence-corrected chi connectivity index (χ2v) is 3.60. The third-order valence-corrected chi connectivity index (χ3v) is 2.74. The highest BCUT2D eigenvalue weighted by Crippen LogP contribution is 2.25.